The Hall–Kier alpha value is -4.29. The lowest BCUT2D eigenvalue weighted by atomic mass is 9.62. The van der Waals surface area contributed by atoms with Crippen LogP contribution in [0.3, 0.4) is 0 Å². The molecule has 11 heteroatoms. The van der Waals surface area contributed by atoms with Crippen molar-refractivity contribution in [1.82, 2.24) is 14.5 Å². The van der Waals surface area contributed by atoms with Gasteiger partial charge in [-0.2, -0.15) is 0 Å². The van der Waals surface area contributed by atoms with E-state index in [1.165, 1.54) is 26.2 Å². The minimum Gasteiger partial charge on any atom is -0.497 e. The summed E-state index contributed by atoms with van der Waals surface area (Å²) < 4.78 is 32.2. The van der Waals surface area contributed by atoms with Crippen LogP contribution in [0, 0.1) is 11.3 Å². The summed E-state index contributed by atoms with van der Waals surface area (Å²) in [5.41, 5.74) is 8.41. The number of ether oxygens (including phenoxy) is 1. The van der Waals surface area contributed by atoms with E-state index in [9.17, 15) is 23.1 Å². The number of aliphatic hydroxyl groups excluding tert-OH is 1. The molecule has 0 spiro atoms. The van der Waals surface area contributed by atoms with Crippen LogP contribution in [0.1, 0.15) is 49.8 Å². The number of aliphatic hydroxyl groups is 1. The highest BCUT2D eigenvalue weighted by molar-refractivity contribution is 7.89. The first-order chi connectivity index (χ1) is 24.4. The molecule has 1 unspecified atom stereocenters. The molecular weight excluding hydrogens is 665 g/mol. The highest BCUT2D eigenvalue weighted by atomic mass is 32.2. The van der Waals surface area contributed by atoms with Gasteiger partial charge in [0.2, 0.25) is 15.9 Å². The Bertz CT molecular complexity index is 1800. The number of hydrogen-bond donors (Lipinski definition) is 3. The molecule has 0 radical (unpaired) electrons. The summed E-state index contributed by atoms with van der Waals surface area (Å²) in [6.45, 7) is 5.69. The number of allylic oxidation sites excluding steroid dienone is 1. The molecule has 0 bridgehead atoms. The zero-order valence-corrected chi connectivity index (χ0v) is 31.2. The smallest absolute Gasteiger partial charge is 0.253 e. The number of benzene rings is 3. The first-order valence-electron chi connectivity index (χ1n) is 17.5. The molecule has 3 aromatic carbocycles. The molecule has 0 aliphatic heterocycles. The molecule has 0 saturated carbocycles. The Morgan fingerprint density at radius 2 is 1.61 bits per heavy atom. The number of hydrogen-bond acceptors (Lipinski definition) is 7. The Morgan fingerprint density at radius 3 is 2.20 bits per heavy atom. The molecule has 0 aromatic heterocycles. The third-order valence-corrected chi connectivity index (χ3v) is 11.3. The van der Waals surface area contributed by atoms with Crippen molar-refractivity contribution in [3.63, 3.8) is 0 Å². The number of sulfonamides is 1. The van der Waals surface area contributed by atoms with Crippen LogP contribution in [0.25, 0.3) is 5.57 Å². The van der Waals surface area contributed by atoms with Gasteiger partial charge in [-0.05, 0) is 78.3 Å². The number of rotatable bonds is 18. The average molecular weight is 717 g/mol. The SMILES string of the molecule is CCCN(CCC)C(=O)C1=CC(C(N)=O)([C@H](Cc2ccccc2)[C@@H](O)CNCc2cccc(OC)c2)CC(c2ccc(S(=O)(=O)N(C)C)cc2)=C1. The maximum atomic E-state index is 14.2. The van der Waals surface area contributed by atoms with Gasteiger partial charge in [0.05, 0.1) is 23.5 Å². The molecule has 10 nitrogen and oxygen atoms in total. The van der Waals surface area contributed by atoms with Crippen molar-refractivity contribution in [2.75, 3.05) is 40.8 Å². The second kappa shape index (κ2) is 17.8. The molecule has 3 atom stereocenters. The van der Waals surface area contributed by atoms with Gasteiger partial charge in [-0.25, -0.2) is 12.7 Å². The highest BCUT2D eigenvalue weighted by Gasteiger charge is 2.48. The molecule has 51 heavy (non-hydrogen) atoms. The van der Waals surface area contributed by atoms with Gasteiger partial charge in [0.25, 0.3) is 5.91 Å². The first kappa shape index (κ1) is 39.5. The van der Waals surface area contributed by atoms with Crippen LogP contribution in [0.4, 0.5) is 0 Å². The van der Waals surface area contributed by atoms with E-state index < -0.39 is 33.4 Å². The Balaban J connectivity index is 1.82. The lowest BCUT2D eigenvalue weighted by Crippen LogP contribution is -2.51. The third-order valence-electron chi connectivity index (χ3n) is 9.45. The zero-order valence-electron chi connectivity index (χ0n) is 30.3. The maximum absolute atomic E-state index is 14.2. The largest absolute Gasteiger partial charge is 0.497 e. The van der Waals surface area contributed by atoms with Crippen LogP contribution in [0.5, 0.6) is 5.75 Å². The Labute approximate surface area is 303 Å². The van der Waals surface area contributed by atoms with Crippen LogP contribution in [-0.2, 0) is 32.6 Å². The molecular formula is C40H52N4O6S. The number of nitrogens with zero attached hydrogens (tertiary/aromatic N) is 2. The quantitative estimate of drug-likeness (QED) is 0.172. The predicted octanol–water partition coefficient (Wildman–Crippen LogP) is 4.79. The fourth-order valence-electron chi connectivity index (χ4n) is 6.72. The van der Waals surface area contributed by atoms with Crippen LogP contribution in [0.15, 0.2) is 101 Å². The molecule has 3 aromatic rings. The second-order valence-electron chi connectivity index (χ2n) is 13.3. The van der Waals surface area contributed by atoms with Crippen molar-refractivity contribution in [3.05, 3.63) is 113 Å². The van der Waals surface area contributed by atoms with Gasteiger partial charge in [0, 0.05) is 51.8 Å². The molecule has 0 heterocycles. The monoisotopic (exact) mass is 716 g/mol. The summed E-state index contributed by atoms with van der Waals surface area (Å²) >= 11 is 0. The number of carbonyl (C=O) groups is 2. The fraction of sp³-hybridized carbons (Fsp3) is 0.400. The minimum atomic E-state index is -3.68. The van der Waals surface area contributed by atoms with Crippen molar-refractivity contribution < 1.29 is 27.9 Å². The first-order valence-corrected chi connectivity index (χ1v) is 18.9. The van der Waals surface area contributed by atoms with Crippen molar-refractivity contribution in [2.24, 2.45) is 17.1 Å². The van der Waals surface area contributed by atoms with Crippen molar-refractivity contribution >= 4 is 27.4 Å². The van der Waals surface area contributed by atoms with E-state index >= 15 is 0 Å². The molecule has 1 aliphatic rings. The number of nitrogens with one attached hydrogen (secondary N) is 1. The molecule has 0 saturated heterocycles. The van der Waals surface area contributed by atoms with E-state index in [0.717, 1.165) is 34.0 Å². The number of methoxy groups -OCH3 is 1. The summed E-state index contributed by atoms with van der Waals surface area (Å²) in [6.07, 6.45) is 4.34. The topological polar surface area (TPSA) is 142 Å². The van der Waals surface area contributed by atoms with E-state index in [-0.39, 0.29) is 23.8 Å². The van der Waals surface area contributed by atoms with Crippen molar-refractivity contribution in [2.45, 2.75) is 57.1 Å². The number of primary amides is 1. The lowest BCUT2D eigenvalue weighted by molar-refractivity contribution is -0.130. The Morgan fingerprint density at radius 1 is 0.961 bits per heavy atom. The number of carbonyl (C=O) groups excluding carboxylic acids is 2. The normalized spacial score (nSPS) is 17.3. The summed E-state index contributed by atoms with van der Waals surface area (Å²) in [6, 6.07) is 23.7. The molecule has 4 N–H and O–H groups in total. The summed E-state index contributed by atoms with van der Waals surface area (Å²) in [4.78, 5) is 30.2. The highest BCUT2D eigenvalue weighted by Crippen LogP contribution is 2.47. The van der Waals surface area contributed by atoms with Gasteiger partial charge >= 0.3 is 0 Å². The summed E-state index contributed by atoms with van der Waals surface area (Å²) in [7, 11) is 0.870. The minimum absolute atomic E-state index is 0.102. The van der Waals surface area contributed by atoms with Gasteiger partial charge in [0.1, 0.15) is 5.75 Å². The van der Waals surface area contributed by atoms with E-state index in [1.807, 2.05) is 68.4 Å². The van der Waals surface area contributed by atoms with Gasteiger partial charge in [0.15, 0.2) is 0 Å². The fourth-order valence-corrected chi connectivity index (χ4v) is 7.62. The van der Waals surface area contributed by atoms with Gasteiger partial charge in [-0.1, -0.05) is 74.5 Å². The van der Waals surface area contributed by atoms with E-state index in [0.29, 0.717) is 42.8 Å². The molecule has 2 amide bonds. The molecule has 0 fully saturated rings. The maximum Gasteiger partial charge on any atom is 0.253 e. The van der Waals surface area contributed by atoms with Crippen LogP contribution < -0.4 is 15.8 Å². The predicted molar refractivity (Wildman–Crippen MR) is 201 cm³/mol. The van der Waals surface area contributed by atoms with Crippen LogP contribution in [0.2, 0.25) is 0 Å². The van der Waals surface area contributed by atoms with Crippen molar-refractivity contribution in [3.8, 4) is 5.75 Å². The molecule has 1 aliphatic carbocycles. The van der Waals surface area contributed by atoms with Crippen LogP contribution in [-0.4, -0.2) is 81.5 Å². The molecule has 4 rings (SSSR count). The third kappa shape index (κ3) is 9.53. The van der Waals surface area contributed by atoms with Gasteiger partial charge in [-0.3, -0.25) is 9.59 Å². The van der Waals surface area contributed by atoms with Gasteiger partial charge < -0.3 is 25.8 Å². The standard InChI is InChI=1S/C40H52N4O6S/c1-6-20-44(21-7-2)38(46)33-24-32(31-16-18-35(19-17-31)51(48,49)43(3)4)25-40(26-33,39(41)47)36(23-29-12-9-8-10-13-29)37(45)28-42-27-30-14-11-15-34(22-30)50-5/h8-19,22,24,26,36-37,42,45H,6-7,20-21,23,25,27-28H2,1-5H3,(H2,41,47)/t36-,37+,40?/m1/s1. The van der Waals surface area contributed by atoms with E-state index in [4.69, 9.17) is 10.5 Å². The van der Waals surface area contributed by atoms with E-state index in [2.05, 4.69) is 5.32 Å². The second-order valence-corrected chi connectivity index (χ2v) is 15.5. The van der Waals surface area contributed by atoms with E-state index in [1.54, 1.807) is 36.3 Å². The number of amides is 2. The van der Waals surface area contributed by atoms with Crippen LogP contribution >= 0.6 is 0 Å². The molecule has 274 valence electrons. The summed E-state index contributed by atoms with van der Waals surface area (Å²) in [5.74, 6) is -0.894. The summed E-state index contributed by atoms with van der Waals surface area (Å²) in [5, 5.41) is 15.4. The average Bonchev–Trinajstić information content (AvgIpc) is 3.13. The number of nitrogens with two attached hydrogens (primary N) is 1. The zero-order chi connectivity index (χ0) is 37.2. The Kier molecular flexibility index (Phi) is 13.8. The lowest BCUT2D eigenvalue weighted by Gasteiger charge is -2.42. The van der Waals surface area contributed by atoms with Crippen molar-refractivity contribution in [1.29, 1.82) is 0 Å². The van der Waals surface area contributed by atoms with Gasteiger partial charge in [-0.15, -0.1) is 0 Å².